The van der Waals surface area contributed by atoms with E-state index in [2.05, 4.69) is 15.1 Å². The van der Waals surface area contributed by atoms with Crippen LogP contribution in [0.25, 0.3) is 11.5 Å². The molecule has 0 aliphatic heterocycles. The summed E-state index contributed by atoms with van der Waals surface area (Å²) in [6.07, 6.45) is 3.05. The smallest absolute Gasteiger partial charge is 0.227 e. The van der Waals surface area contributed by atoms with Crippen molar-refractivity contribution in [3.8, 4) is 11.5 Å². The molecular formula is C10H9Cl2N3O. The Labute approximate surface area is 103 Å². The van der Waals surface area contributed by atoms with Crippen LogP contribution in [-0.4, -0.2) is 21.0 Å². The van der Waals surface area contributed by atoms with Crippen LogP contribution >= 0.6 is 23.2 Å². The minimum atomic E-state index is 0.473. The van der Waals surface area contributed by atoms with Crippen LogP contribution in [0.5, 0.6) is 0 Å². The van der Waals surface area contributed by atoms with E-state index in [-0.39, 0.29) is 0 Å². The molecule has 0 saturated heterocycles. The molecule has 0 bridgehead atoms. The summed E-state index contributed by atoms with van der Waals surface area (Å²) in [5.74, 6) is 1.63. The van der Waals surface area contributed by atoms with E-state index < -0.39 is 0 Å². The van der Waals surface area contributed by atoms with Crippen LogP contribution in [0.1, 0.15) is 12.3 Å². The number of alkyl halides is 1. The number of halogens is 2. The number of rotatable bonds is 4. The Morgan fingerprint density at radius 3 is 2.88 bits per heavy atom. The van der Waals surface area contributed by atoms with E-state index in [0.29, 0.717) is 34.7 Å². The van der Waals surface area contributed by atoms with Crippen molar-refractivity contribution in [2.45, 2.75) is 12.8 Å². The fourth-order valence-corrected chi connectivity index (χ4v) is 1.43. The van der Waals surface area contributed by atoms with Gasteiger partial charge in [-0.1, -0.05) is 16.8 Å². The number of pyridine rings is 1. The van der Waals surface area contributed by atoms with Crippen LogP contribution in [0.2, 0.25) is 5.02 Å². The molecule has 0 unspecified atom stereocenters. The Morgan fingerprint density at radius 2 is 2.19 bits per heavy atom. The van der Waals surface area contributed by atoms with E-state index in [1.165, 1.54) is 0 Å². The lowest BCUT2D eigenvalue weighted by atomic mass is 10.3. The van der Waals surface area contributed by atoms with E-state index in [0.717, 1.165) is 6.42 Å². The van der Waals surface area contributed by atoms with Gasteiger partial charge >= 0.3 is 0 Å². The zero-order valence-corrected chi connectivity index (χ0v) is 9.87. The Bertz CT molecular complexity index is 455. The second-order valence-corrected chi connectivity index (χ2v) is 3.98. The summed E-state index contributed by atoms with van der Waals surface area (Å²) < 4.78 is 5.06. The number of hydrogen-bond acceptors (Lipinski definition) is 4. The quantitative estimate of drug-likeness (QED) is 0.791. The van der Waals surface area contributed by atoms with Crippen LogP contribution in [0.3, 0.4) is 0 Å². The summed E-state index contributed by atoms with van der Waals surface area (Å²) in [5, 5.41) is 4.41. The lowest BCUT2D eigenvalue weighted by molar-refractivity contribution is 0.378. The van der Waals surface area contributed by atoms with Crippen LogP contribution in [-0.2, 0) is 6.42 Å². The van der Waals surface area contributed by atoms with Crippen LogP contribution in [0, 0.1) is 0 Å². The zero-order chi connectivity index (χ0) is 11.4. The monoisotopic (exact) mass is 257 g/mol. The van der Waals surface area contributed by atoms with E-state index in [9.17, 15) is 0 Å². The van der Waals surface area contributed by atoms with Gasteiger partial charge in [0, 0.05) is 18.5 Å². The Morgan fingerprint density at radius 1 is 1.31 bits per heavy atom. The van der Waals surface area contributed by atoms with Crippen molar-refractivity contribution in [3.63, 3.8) is 0 Å². The van der Waals surface area contributed by atoms with E-state index in [1.807, 2.05) is 0 Å². The molecule has 6 heteroatoms. The van der Waals surface area contributed by atoms with E-state index in [4.69, 9.17) is 27.7 Å². The van der Waals surface area contributed by atoms with Crippen molar-refractivity contribution < 1.29 is 4.52 Å². The lowest BCUT2D eigenvalue weighted by Gasteiger charge is -1.92. The molecule has 0 saturated carbocycles. The topological polar surface area (TPSA) is 51.8 Å². The van der Waals surface area contributed by atoms with Gasteiger partial charge in [-0.25, -0.2) is 0 Å². The molecule has 0 amide bonds. The van der Waals surface area contributed by atoms with Crippen LogP contribution in [0.15, 0.2) is 22.9 Å². The zero-order valence-electron chi connectivity index (χ0n) is 8.36. The molecule has 2 heterocycles. The Balaban J connectivity index is 2.15. The molecular weight excluding hydrogens is 249 g/mol. The average molecular weight is 258 g/mol. The number of nitrogens with zero attached hydrogens (tertiary/aromatic N) is 3. The van der Waals surface area contributed by atoms with Gasteiger partial charge in [0.15, 0.2) is 0 Å². The second-order valence-electron chi connectivity index (χ2n) is 3.17. The minimum Gasteiger partial charge on any atom is -0.339 e. The van der Waals surface area contributed by atoms with Gasteiger partial charge in [-0.05, 0) is 18.6 Å². The third-order valence-corrected chi connectivity index (χ3v) is 2.44. The third kappa shape index (κ3) is 2.71. The van der Waals surface area contributed by atoms with E-state index >= 15 is 0 Å². The molecule has 0 spiro atoms. The summed E-state index contributed by atoms with van der Waals surface area (Å²) in [7, 11) is 0. The first-order valence-corrected chi connectivity index (χ1v) is 5.71. The third-order valence-electron chi connectivity index (χ3n) is 1.95. The molecule has 0 aliphatic rings. The van der Waals surface area contributed by atoms with Crippen molar-refractivity contribution in [3.05, 3.63) is 29.2 Å². The molecule has 2 rings (SSSR count). The summed E-state index contributed by atoms with van der Waals surface area (Å²) in [6, 6.07) is 3.48. The largest absolute Gasteiger partial charge is 0.339 e. The minimum absolute atomic E-state index is 0.473. The van der Waals surface area contributed by atoms with Crippen molar-refractivity contribution in [2.24, 2.45) is 0 Å². The van der Waals surface area contributed by atoms with Crippen LogP contribution < -0.4 is 0 Å². The molecule has 2 aromatic rings. The first-order valence-electron chi connectivity index (χ1n) is 4.80. The van der Waals surface area contributed by atoms with Crippen LogP contribution in [0.4, 0.5) is 0 Å². The molecule has 0 N–H and O–H groups in total. The van der Waals surface area contributed by atoms with Crippen molar-refractivity contribution in [1.82, 2.24) is 15.1 Å². The predicted molar refractivity (Wildman–Crippen MR) is 61.6 cm³/mol. The highest BCUT2D eigenvalue weighted by Gasteiger charge is 2.08. The molecule has 84 valence electrons. The Hall–Kier alpha value is -1.13. The fourth-order valence-electron chi connectivity index (χ4n) is 1.19. The number of hydrogen-bond donors (Lipinski definition) is 0. The van der Waals surface area contributed by atoms with Gasteiger partial charge in [0.25, 0.3) is 0 Å². The second kappa shape index (κ2) is 5.27. The first-order chi connectivity index (χ1) is 7.79. The van der Waals surface area contributed by atoms with Gasteiger partial charge in [0.1, 0.15) is 5.69 Å². The molecule has 0 aliphatic carbocycles. The molecule has 0 atom stereocenters. The molecule has 0 radical (unpaired) electrons. The average Bonchev–Trinajstić information content (AvgIpc) is 2.76. The first kappa shape index (κ1) is 11.4. The highest BCUT2D eigenvalue weighted by Crippen LogP contribution is 2.15. The summed E-state index contributed by atoms with van der Waals surface area (Å²) in [5.41, 5.74) is 0.644. The lowest BCUT2D eigenvalue weighted by Crippen LogP contribution is -1.88. The predicted octanol–water partition coefficient (Wildman–Crippen LogP) is 2.96. The van der Waals surface area contributed by atoms with Gasteiger partial charge in [-0.2, -0.15) is 4.98 Å². The maximum Gasteiger partial charge on any atom is 0.227 e. The SMILES string of the molecule is ClCCCc1nc(-c2ccc(Cl)cn2)no1. The molecule has 16 heavy (non-hydrogen) atoms. The summed E-state index contributed by atoms with van der Waals surface area (Å²) in [6.45, 7) is 0. The Kier molecular flexibility index (Phi) is 3.74. The van der Waals surface area contributed by atoms with Crippen molar-refractivity contribution >= 4 is 23.2 Å². The standard InChI is InChI=1S/C10H9Cl2N3O/c11-5-1-2-9-14-10(15-16-9)8-4-3-7(12)6-13-8/h3-4,6H,1-2,5H2. The van der Waals surface area contributed by atoms with Gasteiger partial charge in [0.05, 0.1) is 5.02 Å². The molecule has 2 aromatic heterocycles. The van der Waals surface area contributed by atoms with Gasteiger partial charge < -0.3 is 4.52 Å². The van der Waals surface area contributed by atoms with Crippen molar-refractivity contribution in [1.29, 1.82) is 0 Å². The van der Waals surface area contributed by atoms with Gasteiger partial charge in [-0.3, -0.25) is 4.98 Å². The number of aromatic nitrogens is 3. The normalized spacial score (nSPS) is 10.6. The maximum absolute atomic E-state index is 5.73. The highest BCUT2D eigenvalue weighted by atomic mass is 35.5. The van der Waals surface area contributed by atoms with Gasteiger partial charge in [0.2, 0.25) is 11.7 Å². The number of aryl methyl sites for hydroxylation is 1. The van der Waals surface area contributed by atoms with E-state index in [1.54, 1.807) is 18.3 Å². The summed E-state index contributed by atoms with van der Waals surface area (Å²) in [4.78, 5) is 8.30. The fraction of sp³-hybridized carbons (Fsp3) is 0.300. The molecule has 4 nitrogen and oxygen atoms in total. The molecule has 0 aromatic carbocycles. The molecule has 0 fully saturated rings. The van der Waals surface area contributed by atoms with Crippen molar-refractivity contribution in [2.75, 3.05) is 5.88 Å². The highest BCUT2D eigenvalue weighted by molar-refractivity contribution is 6.30. The maximum atomic E-state index is 5.73. The summed E-state index contributed by atoms with van der Waals surface area (Å²) >= 11 is 11.3. The van der Waals surface area contributed by atoms with Gasteiger partial charge in [-0.15, -0.1) is 11.6 Å².